The summed E-state index contributed by atoms with van der Waals surface area (Å²) in [5, 5.41) is 0. The Balaban J connectivity index is 2.57. The largest absolute Gasteiger partial charge is 0.243 e. The zero-order chi connectivity index (χ0) is 12.6. The maximum absolute atomic E-state index is 13.6. The van der Waals surface area contributed by atoms with Gasteiger partial charge in [0, 0.05) is 5.56 Å². The van der Waals surface area contributed by atoms with Crippen molar-refractivity contribution < 1.29 is 18.0 Å². The number of rotatable bonds is 3. The van der Waals surface area contributed by atoms with Crippen molar-refractivity contribution in [2.75, 3.05) is 0 Å². The van der Waals surface area contributed by atoms with Crippen LogP contribution < -0.4 is 0 Å². The average Bonchev–Trinajstić information content (AvgIpc) is 3.03. The van der Waals surface area contributed by atoms with Crippen LogP contribution in [-0.4, -0.2) is 6.08 Å². The van der Waals surface area contributed by atoms with Gasteiger partial charge in [-0.1, -0.05) is 0 Å². The summed E-state index contributed by atoms with van der Waals surface area (Å²) in [5.74, 6) is -2.18. The number of halogens is 3. The second kappa shape index (κ2) is 4.00. The number of nitrogens with zero attached hydrogens (tertiary/aromatic N) is 1. The van der Waals surface area contributed by atoms with Crippen LogP contribution in [0.25, 0.3) is 0 Å². The Morgan fingerprint density at radius 1 is 1.41 bits per heavy atom. The Bertz CT molecular complexity index is 503. The Morgan fingerprint density at radius 2 is 2.06 bits per heavy atom. The van der Waals surface area contributed by atoms with Gasteiger partial charge >= 0.3 is 0 Å². The molecule has 0 spiro atoms. The first-order chi connectivity index (χ1) is 8.00. The Kier molecular flexibility index (Phi) is 2.79. The Morgan fingerprint density at radius 3 is 2.53 bits per heavy atom. The Hall–Kier alpha value is -1.61. The predicted octanol–water partition coefficient (Wildman–Crippen LogP) is 3.32. The number of isocyanates is 1. The number of hydrogen-bond donors (Lipinski definition) is 0. The molecule has 2 nitrogen and oxygen atoms in total. The van der Waals surface area contributed by atoms with E-state index in [0.29, 0.717) is 12.8 Å². The maximum atomic E-state index is 13.6. The van der Waals surface area contributed by atoms with Crippen LogP contribution in [0.4, 0.5) is 13.2 Å². The molecule has 1 aromatic rings. The van der Waals surface area contributed by atoms with Crippen molar-refractivity contribution in [1.29, 1.82) is 0 Å². The van der Waals surface area contributed by atoms with Gasteiger partial charge in [-0.15, -0.1) is 0 Å². The molecule has 1 aromatic carbocycles. The van der Waals surface area contributed by atoms with E-state index in [9.17, 15) is 18.0 Å². The van der Waals surface area contributed by atoms with Gasteiger partial charge in [0.1, 0.15) is 11.7 Å². The van der Waals surface area contributed by atoms with Gasteiger partial charge in [0.2, 0.25) is 6.08 Å². The van der Waals surface area contributed by atoms with Gasteiger partial charge in [0.15, 0.2) is 11.6 Å². The van der Waals surface area contributed by atoms with Crippen LogP contribution in [0.2, 0.25) is 0 Å². The highest BCUT2D eigenvalue weighted by Crippen LogP contribution is 2.50. The van der Waals surface area contributed by atoms with E-state index in [4.69, 9.17) is 0 Å². The quantitative estimate of drug-likeness (QED) is 0.589. The molecule has 1 aliphatic carbocycles. The van der Waals surface area contributed by atoms with Crippen molar-refractivity contribution in [2.24, 2.45) is 4.99 Å². The van der Waals surface area contributed by atoms with E-state index in [1.54, 1.807) is 0 Å². The molecule has 1 aliphatic rings. The van der Waals surface area contributed by atoms with Gasteiger partial charge in [-0.2, -0.15) is 4.99 Å². The zero-order valence-electron chi connectivity index (χ0n) is 9.14. The molecule has 0 aromatic heterocycles. The molecule has 0 heterocycles. The molecule has 0 amide bonds. The fraction of sp³-hybridized carbons (Fsp3) is 0.417. The van der Waals surface area contributed by atoms with Crippen LogP contribution in [0, 0.1) is 11.6 Å². The first kappa shape index (κ1) is 11.9. The summed E-state index contributed by atoms with van der Waals surface area (Å²) in [6.45, 7) is 1.24. The summed E-state index contributed by atoms with van der Waals surface area (Å²) in [7, 11) is 0. The molecule has 90 valence electrons. The minimum Gasteiger partial charge on any atom is -0.243 e. The summed E-state index contributed by atoms with van der Waals surface area (Å²) >= 11 is 0. The predicted molar refractivity (Wildman–Crippen MR) is 54.9 cm³/mol. The fourth-order valence-electron chi connectivity index (χ4n) is 1.83. The van der Waals surface area contributed by atoms with E-state index >= 15 is 0 Å². The van der Waals surface area contributed by atoms with Crippen molar-refractivity contribution in [2.45, 2.75) is 31.5 Å². The minimum absolute atomic E-state index is 0.0475. The average molecular weight is 241 g/mol. The molecule has 5 heteroatoms. The number of alkyl halides is 1. The topological polar surface area (TPSA) is 29.4 Å². The third kappa shape index (κ3) is 1.98. The molecule has 2 rings (SSSR count). The molecule has 0 aliphatic heterocycles. The van der Waals surface area contributed by atoms with Crippen LogP contribution in [0.3, 0.4) is 0 Å². The normalized spacial score (nSPS) is 18.4. The third-order valence-electron chi connectivity index (χ3n) is 2.99. The second-order valence-corrected chi connectivity index (χ2v) is 4.21. The van der Waals surface area contributed by atoms with Crippen LogP contribution in [0.1, 0.15) is 37.1 Å². The number of hydrogen-bond acceptors (Lipinski definition) is 2. The smallest absolute Gasteiger partial charge is 0.235 e. The summed E-state index contributed by atoms with van der Waals surface area (Å²) in [6.07, 6.45) is 0.848. The monoisotopic (exact) mass is 241 g/mol. The van der Waals surface area contributed by atoms with E-state index < -0.39 is 23.3 Å². The molecule has 0 N–H and O–H groups in total. The van der Waals surface area contributed by atoms with E-state index in [2.05, 4.69) is 4.99 Å². The number of benzene rings is 1. The van der Waals surface area contributed by atoms with Crippen molar-refractivity contribution in [3.05, 3.63) is 34.9 Å². The molecule has 1 fully saturated rings. The number of carbonyl (C=O) groups excluding carboxylic acids is 1. The SMILES string of the molecule is CC(F)c1cc(F)c(F)c(C2(N=C=O)CC2)c1. The minimum atomic E-state index is -1.40. The van der Waals surface area contributed by atoms with Crippen LogP contribution in [0.15, 0.2) is 17.1 Å². The first-order valence-electron chi connectivity index (χ1n) is 5.23. The van der Waals surface area contributed by atoms with Gasteiger partial charge in [-0.25, -0.2) is 18.0 Å². The summed E-state index contributed by atoms with van der Waals surface area (Å²) in [4.78, 5) is 13.8. The standard InChI is InChI=1S/C12H10F3NO/c1-7(13)8-4-9(11(15)10(14)5-8)12(2-3-12)16-6-17/h4-5,7H,2-3H2,1H3. The molecular weight excluding hydrogens is 231 g/mol. The molecule has 1 unspecified atom stereocenters. The van der Waals surface area contributed by atoms with E-state index in [0.717, 1.165) is 6.07 Å². The first-order valence-corrected chi connectivity index (χ1v) is 5.23. The summed E-state index contributed by atoms with van der Waals surface area (Å²) in [6, 6.07) is 2.06. The highest BCUT2D eigenvalue weighted by molar-refractivity contribution is 5.43. The molecular formula is C12H10F3NO. The van der Waals surface area contributed by atoms with Crippen LogP contribution >= 0.6 is 0 Å². The van der Waals surface area contributed by atoms with Gasteiger partial charge in [0.05, 0.1) is 0 Å². The van der Waals surface area contributed by atoms with Crippen LogP contribution in [0.5, 0.6) is 0 Å². The molecule has 0 radical (unpaired) electrons. The molecule has 17 heavy (non-hydrogen) atoms. The third-order valence-corrected chi connectivity index (χ3v) is 2.99. The van der Waals surface area contributed by atoms with Crippen LogP contribution in [-0.2, 0) is 10.3 Å². The van der Waals surface area contributed by atoms with E-state index in [-0.39, 0.29) is 11.1 Å². The van der Waals surface area contributed by atoms with Crippen molar-refractivity contribution in [1.82, 2.24) is 0 Å². The second-order valence-electron chi connectivity index (χ2n) is 4.21. The highest BCUT2D eigenvalue weighted by atomic mass is 19.2. The maximum Gasteiger partial charge on any atom is 0.235 e. The lowest BCUT2D eigenvalue weighted by Gasteiger charge is -2.13. The lowest BCUT2D eigenvalue weighted by molar-refractivity contribution is 0.370. The lowest BCUT2D eigenvalue weighted by Crippen LogP contribution is -2.09. The van der Waals surface area contributed by atoms with Crippen molar-refractivity contribution in [3.8, 4) is 0 Å². The van der Waals surface area contributed by atoms with Crippen molar-refractivity contribution >= 4 is 6.08 Å². The van der Waals surface area contributed by atoms with Gasteiger partial charge in [-0.05, 0) is 37.5 Å². The number of aliphatic imine (C=N–C) groups is 1. The van der Waals surface area contributed by atoms with Crippen molar-refractivity contribution in [3.63, 3.8) is 0 Å². The van der Waals surface area contributed by atoms with E-state index in [1.165, 1.54) is 19.1 Å². The molecule has 1 saturated carbocycles. The van der Waals surface area contributed by atoms with E-state index in [1.807, 2.05) is 0 Å². The highest BCUT2D eigenvalue weighted by Gasteiger charge is 2.47. The lowest BCUT2D eigenvalue weighted by atomic mass is 9.99. The van der Waals surface area contributed by atoms with Gasteiger partial charge in [0.25, 0.3) is 0 Å². The molecule has 1 atom stereocenters. The zero-order valence-corrected chi connectivity index (χ0v) is 9.14. The fourth-order valence-corrected chi connectivity index (χ4v) is 1.83. The summed E-state index contributed by atoms with van der Waals surface area (Å²) in [5.41, 5.74) is -1.04. The Labute approximate surface area is 96.2 Å². The molecule has 0 bridgehead atoms. The van der Waals surface area contributed by atoms with Gasteiger partial charge in [-0.3, -0.25) is 0 Å². The van der Waals surface area contributed by atoms with Gasteiger partial charge < -0.3 is 0 Å². The summed E-state index contributed by atoms with van der Waals surface area (Å²) < 4.78 is 40.1. The molecule has 0 saturated heterocycles.